The summed E-state index contributed by atoms with van der Waals surface area (Å²) in [7, 11) is 0. The molecule has 0 aliphatic carbocycles. The maximum Gasteiger partial charge on any atom is 0.359 e. The molecule has 1 atom stereocenters. The van der Waals surface area contributed by atoms with Crippen molar-refractivity contribution in [3.63, 3.8) is 0 Å². The molecule has 29 heavy (non-hydrogen) atoms. The smallest absolute Gasteiger partial charge is 0.359 e. The molecular formula is C20H17N3O6. The fourth-order valence-corrected chi connectivity index (χ4v) is 2.91. The van der Waals surface area contributed by atoms with Crippen molar-refractivity contribution in [2.45, 2.75) is 6.10 Å². The number of aromatic nitrogens is 2. The Morgan fingerprint density at radius 1 is 1.10 bits per heavy atom. The van der Waals surface area contributed by atoms with Gasteiger partial charge in [-0.3, -0.25) is 9.59 Å². The van der Waals surface area contributed by atoms with Crippen molar-refractivity contribution in [1.29, 1.82) is 0 Å². The van der Waals surface area contributed by atoms with Gasteiger partial charge in [0.15, 0.2) is 23.8 Å². The van der Waals surface area contributed by atoms with Gasteiger partial charge in [0.1, 0.15) is 12.7 Å². The Morgan fingerprint density at radius 2 is 1.83 bits per heavy atom. The molecule has 1 aliphatic rings. The van der Waals surface area contributed by atoms with Gasteiger partial charge in [0.05, 0.1) is 11.9 Å². The predicted molar refractivity (Wildman–Crippen MR) is 102 cm³/mol. The van der Waals surface area contributed by atoms with E-state index in [1.165, 1.54) is 0 Å². The SMILES string of the molecule is O=C(COC(=O)c1n[nH]c(=O)c2ccccc12)NC[C@@H]1COc2ccccc2O1. The number of carbonyl (C=O) groups is 2. The number of hydrogen-bond acceptors (Lipinski definition) is 7. The van der Waals surface area contributed by atoms with Gasteiger partial charge < -0.3 is 19.5 Å². The Kier molecular flexibility index (Phi) is 5.10. The Bertz CT molecular complexity index is 1130. The average Bonchev–Trinajstić information content (AvgIpc) is 2.76. The first-order valence-corrected chi connectivity index (χ1v) is 8.91. The van der Waals surface area contributed by atoms with Gasteiger partial charge in [-0.25, -0.2) is 9.89 Å². The van der Waals surface area contributed by atoms with E-state index >= 15 is 0 Å². The largest absolute Gasteiger partial charge is 0.486 e. The van der Waals surface area contributed by atoms with Crippen molar-refractivity contribution >= 4 is 22.6 Å². The molecule has 4 rings (SSSR count). The monoisotopic (exact) mass is 395 g/mol. The summed E-state index contributed by atoms with van der Waals surface area (Å²) < 4.78 is 16.3. The van der Waals surface area contributed by atoms with Gasteiger partial charge in [-0.05, 0) is 18.2 Å². The number of nitrogens with zero attached hydrogens (tertiary/aromatic N) is 1. The third-order valence-electron chi connectivity index (χ3n) is 4.32. The summed E-state index contributed by atoms with van der Waals surface area (Å²) in [5, 5.41) is 9.30. The lowest BCUT2D eigenvalue weighted by molar-refractivity contribution is -0.124. The topological polar surface area (TPSA) is 120 Å². The molecule has 9 nitrogen and oxygen atoms in total. The molecule has 0 bridgehead atoms. The van der Waals surface area contributed by atoms with Crippen molar-refractivity contribution in [3.05, 3.63) is 64.6 Å². The van der Waals surface area contributed by atoms with E-state index in [0.717, 1.165) is 0 Å². The number of fused-ring (bicyclic) bond motifs is 2. The second-order valence-electron chi connectivity index (χ2n) is 6.32. The van der Waals surface area contributed by atoms with E-state index in [2.05, 4.69) is 15.5 Å². The van der Waals surface area contributed by atoms with E-state index in [0.29, 0.717) is 28.9 Å². The van der Waals surface area contributed by atoms with Gasteiger partial charge in [-0.2, -0.15) is 5.10 Å². The number of rotatable bonds is 5. The summed E-state index contributed by atoms with van der Waals surface area (Å²) in [6.07, 6.45) is -0.352. The van der Waals surface area contributed by atoms with Gasteiger partial charge in [0.25, 0.3) is 11.5 Å². The average molecular weight is 395 g/mol. The first-order chi connectivity index (χ1) is 14.1. The number of nitrogens with one attached hydrogen (secondary N) is 2. The molecular weight excluding hydrogens is 378 g/mol. The summed E-state index contributed by atoms with van der Waals surface area (Å²) in [6.45, 7) is 0.00700. The number of benzene rings is 2. The fourth-order valence-electron chi connectivity index (χ4n) is 2.91. The van der Waals surface area contributed by atoms with E-state index in [4.69, 9.17) is 14.2 Å². The number of hydrogen-bond donors (Lipinski definition) is 2. The summed E-state index contributed by atoms with van der Waals surface area (Å²) in [5.74, 6) is -0.0293. The van der Waals surface area contributed by atoms with Crippen molar-refractivity contribution in [2.24, 2.45) is 0 Å². The number of aromatic amines is 1. The first-order valence-electron chi connectivity index (χ1n) is 8.91. The quantitative estimate of drug-likeness (QED) is 0.619. The summed E-state index contributed by atoms with van der Waals surface area (Å²) in [5.41, 5.74) is -0.472. The number of carbonyl (C=O) groups excluding carboxylic acids is 2. The Hall–Kier alpha value is -3.88. The lowest BCUT2D eigenvalue weighted by Gasteiger charge is -2.26. The minimum absolute atomic E-state index is 0.0615. The molecule has 3 aromatic rings. The molecule has 148 valence electrons. The zero-order chi connectivity index (χ0) is 20.2. The first kappa shape index (κ1) is 18.5. The second kappa shape index (κ2) is 8.01. The molecule has 0 unspecified atom stereocenters. The zero-order valence-corrected chi connectivity index (χ0v) is 15.2. The highest BCUT2D eigenvalue weighted by atomic mass is 16.6. The third-order valence-corrected chi connectivity index (χ3v) is 4.32. The molecule has 1 aliphatic heterocycles. The predicted octanol–water partition coefficient (Wildman–Crippen LogP) is 1.04. The highest BCUT2D eigenvalue weighted by Gasteiger charge is 2.22. The van der Waals surface area contributed by atoms with Crippen LogP contribution in [0.1, 0.15) is 10.5 Å². The minimum Gasteiger partial charge on any atom is -0.486 e. The lowest BCUT2D eigenvalue weighted by Crippen LogP contribution is -2.42. The number of ether oxygens (including phenoxy) is 3. The minimum atomic E-state index is -0.807. The second-order valence-corrected chi connectivity index (χ2v) is 6.32. The standard InChI is InChI=1S/C20H17N3O6/c24-17(21-9-12-10-27-15-7-3-4-8-16(15)29-12)11-28-20(26)18-13-5-1-2-6-14(13)19(25)23-22-18/h1-8,12H,9-11H2,(H,21,24)(H,23,25)/t12-/m1/s1. The molecule has 2 aromatic carbocycles. The van der Waals surface area contributed by atoms with Gasteiger partial charge in [0.2, 0.25) is 0 Å². The highest BCUT2D eigenvalue weighted by Crippen LogP contribution is 2.30. The normalized spacial score (nSPS) is 15.0. The van der Waals surface area contributed by atoms with Gasteiger partial charge in [-0.15, -0.1) is 0 Å². The van der Waals surface area contributed by atoms with E-state index < -0.39 is 24.0 Å². The van der Waals surface area contributed by atoms with Crippen LogP contribution in [0.4, 0.5) is 0 Å². The molecule has 0 spiro atoms. The highest BCUT2D eigenvalue weighted by molar-refractivity contribution is 6.02. The van der Waals surface area contributed by atoms with Crippen LogP contribution < -0.4 is 20.3 Å². The lowest BCUT2D eigenvalue weighted by atomic mass is 10.1. The fraction of sp³-hybridized carbons (Fsp3) is 0.200. The molecule has 0 saturated carbocycles. The number of H-pyrrole nitrogens is 1. The molecule has 0 saturated heterocycles. The zero-order valence-electron chi connectivity index (χ0n) is 15.2. The molecule has 1 aromatic heterocycles. The van der Waals surface area contributed by atoms with Crippen molar-refractivity contribution in [2.75, 3.05) is 19.8 Å². The number of para-hydroxylation sites is 2. The Morgan fingerprint density at radius 3 is 2.66 bits per heavy atom. The third kappa shape index (κ3) is 4.03. The van der Waals surface area contributed by atoms with Crippen molar-refractivity contribution in [3.8, 4) is 11.5 Å². The Labute approximate surface area is 164 Å². The van der Waals surface area contributed by atoms with Crippen molar-refractivity contribution < 1.29 is 23.8 Å². The van der Waals surface area contributed by atoms with E-state index in [1.807, 2.05) is 12.1 Å². The van der Waals surface area contributed by atoms with Gasteiger partial charge in [-0.1, -0.05) is 30.3 Å². The Balaban J connectivity index is 1.31. The van der Waals surface area contributed by atoms with Crippen molar-refractivity contribution in [1.82, 2.24) is 15.5 Å². The molecule has 0 fully saturated rings. The van der Waals surface area contributed by atoms with E-state index in [9.17, 15) is 14.4 Å². The van der Waals surface area contributed by atoms with Crippen LogP contribution in [-0.2, 0) is 9.53 Å². The van der Waals surface area contributed by atoms with Crippen LogP contribution in [-0.4, -0.2) is 47.9 Å². The summed E-state index contributed by atoms with van der Waals surface area (Å²) in [6, 6.07) is 13.8. The van der Waals surface area contributed by atoms with Gasteiger partial charge in [0, 0.05) is 5.39 Å². The molecule has 9 heteroatoms. The molecule has 0 radical (unpaired) electrons. The van der Waals surface area contributed by atoms with Crippen LogP contribution in [0.15, 0.2) is 53.3 Å². The summed E-state index contributed by atoms with van der Waals surface area (Å²) >= 11 is 0. The molecule has 2 N–H and O–H groups in total. The van der Waals surface area contributed by atoms with Crippen LogP contribution in [0.5, 0.6) is 11.5 Å². The van der Waals surface area contributed by atoms with Crippen LogP contribution in [0.2, 0.25) is 0 Å². The maximum absolute atomic E-state index is 12.3. The van der Waals surface area contributed by atoms with Crippen LogP contribution in [0, 0.1) is 0 Å². The van der Waals surface area contributed by atoms with Gasteiger partial charge >= 0.3 is 5.97 Å². The van der Waals surface area contributed by atoms with E-state index in [1.54, 1.807) is 36.4 Å². The van der Waals surface area contributed by atoms with Crippen LogP contribution in [0.3, 0.4) is 0 Å². The van der Waals surface area contributed by atoms with Crippen LogP contribution in [0.25, 0.3) is 10.8 Å². The maximum atomic E-state index is 12.3. The number of esters is 1. The summed E-state index contributed by atoms with van der Waals surface area (Å²) in [4.78, 5) is 36.1. The van der Waals surface area contributed by atoms with E-state index in [-0.39, 0.29) is 18.3 Å². The van der Waals surface area contributed by atoms with Crippen LogP contribution >= 0.6 is 0 Å². The molecule has 1 amide bonds. The molecule has 2 heterocycles. The number of amides is 1.